The molecule has 0 aromatic carbocycles. The lowest BCUT2D eigenvalue weighted by Crippen LogP contribution is -2.22. The topological polar surface area (TPSA) is 29.5 Å². The molecule has 0 radical (unpaired) electrons. The van der Waals surface area contributed by atoms with E-state index in [0.717, 1.165) is 5.92 Å². The van der Waals surface area contributed by atoms with Crippen LogP contribution in [0.3, 0.4) is 0 Å². The van der Waals surface area contributed by atoms with E-state index in [-0.39, 0.29) is 5.41 Å². The highest BCUT2D eigenvalue weighted by Crippen LogP contribution is 2.52. The maximum Gasteiger partial charge on any atom is 0.154 e. The summed E-state index contributed by atoms with van der Waals surface area (Å²) >= 11 is 0. The van der Waals surface area contributed by atoms with Crippen molar-refractivity contribution in [3.63, 3.8) is 0 Å². The first kappa shape index (κ1) is 14.1. The molecule has 104 valence electrons. The zero-order valence-electron chi connectivity index (χ0n) is 12.1. The van der Waals surface area contributed by atoms with Crippen molar-refractivity contribution >= 4 is 0 Å². The second-order valence-electron chi connectivity index (χ2n) is 6.38. The molecule has 0 amide bonds. The van der Waals surface area contributed by atoms with Gasteiger partial charge >= 0.3 is 0 Å². The molecule has 2 aliphatic rings. The zero-order valence-corrected chi connectivity index (χ0v) is 12.1. The van der Waals surface area contributed by atoms with E-state index in [4.69, 9.17) is 4.74 Å². The van der Waals surface area contributed by atoms with Gasteiger partial charge in [0.25, 0.3) is 0 Å². The number of aliphatic hydroxyl groups excluding tert-OH is 1. The summed E-state index contributed by atoms with van der Waals surface area (Å²) in [4.78, 5) is 0. The van der Waals surface area contributed by atoms with Gasteiger partial charge in [0.1, 0.15) is 0 Å². The molecule has 18 heavy (non-hydrogen) atoms. The van der Waals surface area contributed by atoms with Crippen molar-refractivity contribution in [3.8, 4) is 0 Å². The van der Waals surface area contributed by atoms with Crippen LogP contribution in [0.1, 0.15) is 59.3 Å². The lowest BCUT2D eigenvalue weighted by atomic mass is 9.77. The molecule has 0 heterocycles. The molecule has 1 unspecified atom stereocenters. The van der Waals surface area contributed by atoms with Crippen molar-refractivity contribution < 1.29 is 9.84 Å². The number of aliphatic hydroxyl groups is 1. The largest absolute Gasteiger partial charge is 0.368 e. The first-order chi connectivity index (χ1) is 8.57. The van der Waals surface area contributed by atoms with Gasteiger partial charge in [-0.05, 0) is 31.1 Å². The molecule has 2 nitrogen and oxygen atoms in total. The summed E-state index contributed by atoms with van der Waals surface area (Å²) in [6, 6.07) is 0. The van der Waals surface area contributed by atoms with Crippen molar-refractivity contribution in [3.05, 3.63) is 11.6 Å². The Labute approximate surface area is 111 Å². The van der Waals surface area contributed by atoms with Crippen LogP contribution in [0.5, 0.6) is 0 Å². The van der Waals surface area contributed by atoms with E-state index >= 15 is 0 Å². The van der Waals surface area contributed by atoms with Gasteiger partial charge in [-0.15, -0.1) is 0 Å². The van der Waals surface area contributed by atoms with Gasteiger partial charge in [-0.3, -0.25) is 0 Å². The highest BCUT2D eigenvalue weighted by molar-refractivity contribution is 5.39. The smallest absolute Gasteiger partial charge is 0.154 e. The molecule has 1 saturated carbocycles. The van der Waals surface area contributed by atoms with E-state index in [1.165, 1.54) is 32.1 Å². The maximum absolute atomic E-state index is 9.48. The van der Waals surface area contributed by atoms with Crippen LogP contribution >= 0.6 is 0 Å². The number of rotatable bonds is 6. The van der Waals surface area contributed by atoms with E-state index in [1.807, 2.05) is 6.92 Å². The Morgan fingerprint density at radius 2 is 2.06 bits per heavy atom. The fraction of sp³-hybridized carbons (Fsp3) is 0.875. The number of hydrogen-bond donors (Lipinski definition) is 1. The van der Waals surface area contributed by atoms with Crippen LogP contribution in [0, 0.1) is 17.3 Å². The van der Waals surface area contributed by atoms with Gasteiger partial charge in [-0.2, -0.15) is 0 Å². The molecular weight excluding hydrogens is 224 g/mol. The summed E-state index contributed by atoms with van der Waals surface area (Å²) in [5, 5.41) is 9.48. The van der Waals surface area contributed by atoms with Crippen LogP contribution in [0.25, 0.3) is 0 Å². The van der Waals surface area contributed by atoms with Crippen LogP contribution in [0.2, 0.25) is 0 Å². The number of ether oxygens (including phenoxy) is 1. The van der Waals surface area contributed by atoms with Crippen molar-refractivity contribution in [2.75, 3.05) is 6.61 Å². The van der Waals surface area contributed by atoms with E-state index in [9.17, 15) is 5.11 Å². The number of hydrogen-bond acceptors (Lipinski definition) is 2. The third-order valence-electron chi connectivity index (χ3n) is 4.82. The molecular formula is C16H28O2. The fourth-order valence-corrected chi connectivity index (χ4v) is 3.36. The molecule has 2 heteroatoms. The first-order valence-electron chi connectivity index (χ1n) is 7.59. The second kappa shape index (κ2) is 5.75. The minimum atomic E-state index is -0.595. The Morgan fingerprint density at radius 1 is 1.39 bits per heavy atom. The molecule has 0 aromatic heterocycles. The van der Waals surface area contributed by atoms with Crippen LogP contribution < -0.4 is 0 Å². The molecule has 1 fully saturated rings. The van der Waals surface area contributed by atoms with E-state index in [2.05, 4.69) is 19.9 Å². The second-order valence-corrected chi connectivity index (χ2v) is 6.38. The lowest BCUT2D eigenvalue weighted by Gasteiger charge is -2.29. The predicted octanol–water partition coefficient (Wildman–Crippen LogP) is 3.89. The minimum Gasteiger partial charge on any atom is -0.368 e. The normalized spacial score (nSPS) is 31.9. The summed E-state index contributed by atoms with van der Waals surface area (Å²) in [7, 11) is 0. The van der Waals surface area contributed by atoms with Crippen LogP contribution in [-0.4, -0.2) is 18.0 Å². The lowest BCUT2D eigenvalue weighted by molar-refractivity contribution is -0.111. The molecule has 2 rings (SSSR count). The van der Waals surface area contributed by atoms with Crippen LogP contribution in [0.15, 0.2) is 11.6 Å². The average Bonchev–Trinajstić information content (AvgIpc) is 3.09. The van der Waals surface area contributed by atoms with Crippen LogP contribution in [0.4, 0.5) is 0 Å². The third kappa shape index (κ3) is 3.16. The Kier molecular flexibility index (Phi) is 4.50. The van der Waals surface area contributed by atoms with Crippen molar-refractivity contribution in [1.29, 1.82) is 0 Å². The summed E-state index contributed by atoms with van der Waals surface area (Å²) in [5.74, 6) is 1.58. The SMILES string of the molecule is CCC(O)OC[C@]1(C)C=C1[C@H](C)C1CCCCC1. The molecule has 1 N–H and O–H groups in total. The predicted molar refractivity (Wildman–Crippen MR) is 74.2 cm³/mol. The Balaban J connectivity index is 1.79. The van der Waals surface area contributed by atoms with E-state index in [0.29, 0.717) is 18.9 Å². The van der Waals surface area contributed by atoms with Gasteiger partial charge in [0.05, 0.1) is 6.61 Å². The van der Waals surface area contributed by atoms with E-state index in [1.54, 1.807) is 5.57 Å². The van der Waals surface area contributed by atoms with Gasteiger partial charge in [0.2, 0.25) is 0 Å². The molecule has 3 atom stereocenters. The summed E-state index contributed by atoms with van der Waals surface area (Å²) in [5.41, 5.74) is 1.70. The summed E-state index contributed by atoms with van der Waals surface area (Å²) in [6.07, 6.45) is 9.46. The maximum atomic E-state index is 9.48. The standard InChI is InChI=1S/C16H28O2/c1-4-15(17)18-11-16(3)10-14(16)12(2)13-8-6-5-7-9-13/h10,12-13,15,17H,4-9,11H2,1-3H3/t12-,15?,16+/m1/s1. The highest BCUT2D eigenvalue weighted by atomic mass is 16.6. The zero-order chi connectivity index (χ0) is 13.2. The molecule has 0 saturated heterocycles. The molecule has 0 aliphatic heterocycles. The first-order valence-corrected chi connectivity index (χ1v) is 7.59. The molecule has 0 bridgehead atoms. The van der Waals surface area contributed by atoms with Gasteiger partial charge < -0.3 is 9.84 Å². The van der Waals surface area contributed by atoms with Crippen molar-refractivity contribution in [1.82, 2.24) is 0 Å². The van der Waals surface area contributed by atoms with Crippen molar-refractivity contribution in [2.24, 2.45) is 17.3 Å². The molecule has 0 spiro atoms. The van der Waals surface area contributed by atoms with Crippen molar-refractivity contribution in [2.45, 2.75) is 65.6 Å². The summed E-state index contributed by atoms with van der Waals surface area (Å²) < 4.78 is 5.49. The average molecular weight is 252 g/mol. The van der Waals surface area contributed by atoms with Gasteiger partial charge in [-0.1, -0.05) is 51.7 Å². The minimum absolute atomic E-state index is 0.132. The molecule has 0 aromatic rings. The Bertz CT molecular complexity index is 304. The van der Waals surface area contributed by atoms with Gasteiger partial charge in [0.15, 0.2) is 6.29 Å². The quantitative estimate of drug-likeness (QED) is 0.574. The third-order valence-corrected chi connectivity index (χ3v) is 4.82. The van der Waals surface area contributed by atoms with E-state index < -0.39 is 6.29 Å². The Morgan fingerprint density at radius 3 is 2.67 bits per heavy atom. The highest BCUT2D eigenvalue weighted by Gasteiger charge is 2.44. The fourth-order valence-electron chi connectivity index (χ4n) is 3.36. The molecule has 2 aliphatic carbocycles. The summed E-state index contributed by atoms with van der Waals surface area (Å²) in [6.45, 7) is 7.21. The Hall–Kier alpha value is -0.340. The monoisotopic (exact) mass is 252 g/mol. The van der Waals surface area contributed by atoms with Gasteiger partial charge in [0, 0.05) is 5.41 Å². The van der Waals surface area contributed by atoms with Crippen LogP contribution in [-0.2, 0) is 4.74 Å². The van der Waals surface area contributed by atoms with Gasteiger partial charge in [-0.25, -0.2) is 0 Å².